The van der Waals surface area contributed by atoms with Crippen molar-refractivity contribution in [3.05, 3.63) is 66.7 Å². The maximum Gasteiger partial charge on any atom is 0.488 e. The molecule has 0 saturated carbocycles. The Balaban J connectivity index is 1.90. The number of hydrogen-bond acceptors (Lipinski definition) is 7. The van der Waals surface area contributed by atoms with Crippen LogP contribution < -0.4 is 10.2 Å². The van der Waals surface area contributed by atoms with Gasteiger partial charge in [-0.2, -0.15) is 0 Å². The first-order valence-electron chi connectivity index (χ1n) is 7.59. The van der Waals surface area contributed by atoms with Crippen molar-refractivity contribution in [3.63, 3.8) is 0 Å². The Kier molecular flexibility index (Phi) is 5.40. The number of benzene rings is 2. The number of anilines is 1. The lowest BCUT2D eigenvalue weighted by Gasteiger charge is -2.08. The van der Waals surface area contributed by atoms with Crippen molar-refractivity contribution in [1.82, 2.24) is 0 Å². The molecule has 140 valence electrons. The van der Waals surface area contributed by atoms with Gasteiger partial charge in [-0.1, -0.05) is 30.3 Å². The molecule has 1 heterocycles. The first-order valence-corrected chi connectivity index (χ1v) is 11.4. The predicted octanol–water partition coefficient (Wildman–Crippen LogP) is 1.06. The SMILES string of the molecule is O=S(=O)(Nc1cccc(B(O)O)c1)c1ccc(S(=O)(=O)c2ccccc2)s1. The molecule has 27 heavy (non-hydrogen) atoms. The van der Waals surface area contributed by atoms with Gasteiger partial charge in [0.05, 0.1) is 4.90 Å². The van der Waals surface area contributed by atoms with Crippen LogP contribution in [0.1, 0.15) is 0 Å². The summed E-state index contributed by atoms with van der Waals surface area (Å²) in [5, 5.41) is 18.4. The molecule has 3 N–H and O–H groups in total. The van der Waals surface area contributed by atoms with Crippen LogP contribution in [0.5, 0.6) is 0 Å². The molecular formula is C16H14BNO6S3. The monoisotopic (exact) mass is 423 g/mol. The van der Waals surface area contributed by atoms with Gasteiger partial charge in [0.15, 0.2) is 0 Å². The maximum absolute atomic E-state index is 12.6. The molecule has 0 radical (unpaired) electrons. The highest BCUT2D eigenvalue weighted by Crippen LogP contribution is 2.31. The standard InChI is InChI=1S/C16H14BNO6S3/c19-17(20)12-5-4-6-13(11-12)18-27(23,24)16-10-9-15(25-16)26(21,22)14-7-2-1-3-8-14/h1-11,18-20H. The Hall–Kier alpha value is -2.18. The van der Waals surface area contributed by atoms with Gasteiger partial charge in [-0.3, -0.25) is 4.72 Å². The summed E-state index contributed by atoms with van der Waals surface area (Å²) >= 11 is 0.634. The Morgan fingerprint density at radius 3 is 2.15 bits per heavy atom. The minimum atomic E-state index is -4.04. The molecule has 0 spiro atoms. The quantitative estimate of drug-likeness (QED) is 0.510. The third-order valence-electron chi connectivity index (χ3n) is 3.58. The van der Waals surface area contributed by atoms with E-state index in [1.165, 1.54) is 48.5 Å². The van der Waals surface area contributed by atoms with E-state index in [2.05, 4.69) is 4.72 Å². The van der Waals surface area contributed by atoms with E-state index in [0.717, 1.165) is 0 Å². The first kappa shape index (κ1) is 19.6. The van der Waals surface area contributed by atoms with Gasteiger partial charge < -0.3 is 10.0 Å². The van der Waals surface area contributed by atoms with E-state index < -0.39 is 27.0 Å². The third kappa shape index (κ3) is 4.23. The molecule has 0 bridgehead atoms. The van der Waals surface area contributed by atoms with E-state index in [0.29, 0.717) is 11.3 Å². The largest absolute Gasteiger partial charge is 0.488 e. The summed E-state index contributed by atoms with van der Waals surface area (Å²) in [6, 6.07) is 15.8. The average molecular weight is 423 g/mol. The summed E-state index contributed by atoms with van der Waals surface area (Å²) in [5.74, 6) is 0. The van der Waals surface area contributed by atoms with Crippen molar-refractivity contribution >= 4 is 49.5 Å². The van der Waals surface area contributed by atoms with Crippen molar-refractivity contribution in [2.24, 2.45) is 0 Å². The van der Waals surface area contributed by atoms with Crippen LogP contribution in [-0.4, -0.2) is 34.0 Å². The van der Waals surface area contributed by atoms with Crippen LogP contribution in [0.3, 0.4) is 0 Å². The number of nitrogens with one attached hydrogen (secondary N) is 1. The molecular weight excluding hydrogens is 409 g/mol. The number of hydrogen-bond donors (Lipinski definition) is 3. The minimum absolute atomic E-state index is 0.0772. The Morgan fingerprint density at radius 2 is 1.48 bits per heavy atom. The molecule has 0 atom stereocenters. The Bertz CT molecular complexity index is 1160. The lowest BCUT2D eigenvalue weighted by molar-refractivity contribution is 0.426. The van der Waals surface area contributed by atoms with Gasteiger partial charge in [-0.15, -0.1) is 11.3 Å². The summed E-state index contributed by atoms with van der Waals surface area (Å²) in [7, 11) is -9.58. The second-order valence-corrected chi connectivity index (χ2v) is 10.7. The van der Waals surface area contributed by atoms with E-state index in [1.807, 2.05) is 0 Å². The van der Waals surface area contributed by atoms with Crippen molar-refractivity contribution in [3.8, 4) is 0 Å². The molecule has 0 fully saturated rings. The highest BCUT2D eigenvalue weighted by molar-refractivity contribution is 7.96. The molecule has 3 aromatic rings. The maximum atomic E-state index is 12.6. The first-order chi connectivity index (χ1) is 12.7. The fraction of sp³-hybridized carbons (Fsp3) is 0. The topological polar surface area (TPSA) is 121 Å². The van der Waals surface area contributed by atoms with Gasteiger partial charge in [0.25, 0.3) is 10.0 Å². The summed E-state index contributed by atoms with van der Waals surface area (Å²) in [5.41, 5.74) is 0.246. The van der Waals surface area contributed by atoms with Crippen LogP contribution >= 0.6 is 11.3 Å². The second kappa shape index (κ2) is 7.45. The predicted molar refractivity (Wildman–Crippen MR) is 103 cm³/mol. The fourth-order valence-electron chi connectivity index (χ4n) is 2.28. The highest BCUT2D eigenvalue weighted by atomic mass is 32.3. The van der Waals surface area contributed by atoms with Crippen LogP contribution in [0, 0.1) is 0 Å². The molecule has 0 amide bonds. The van der Waals surface area contributed by atoms with Crippen molar-refractivity contribution in [2.45, 2.75) is 13.3 Å². The lowest BCUT2D eigenvalue weighted by Crippen LogP contribution is -2.30. The summed E-state index contributed by atoms with van der Waals surface area (Å²) in [4.78, 5) is 0.0772. The fourth-order valence-corrected chi connectivity index (χ4v) is 6.51. The van der Waals surface area contributed by atoms with E-state index in [9.17, 15) is 26.9 Å². The zero-order chi connectivity index (χ0) is 19.7. The van der Waals surface area contributed by atoms with Crippen LogP contribution in [-0.2, 0) is 19.9 Å². The molecule has 0 unspecified atom stereocenters. The Morgan fingerprint density at radius 1 is 0.815 bits per heavy atom. The second-order valence-electron chi connectivity index (χ2n) is 5.49. The van der Waals surface area contributed by atoms with Gasteiger partial charge in [-0.25, -0.2) is 16.8 Å². The van der Waals surface area contributed by atoms with Gasteiger partial charge in [0.2, 0.25) is 9.84 Å². The molecule has 3 rings (SSSR count). The number of thiophene rings is 1. The van der Waals surface area contributed by atoms with Crippen molar-refractivity contribution < 1.29 is 26.9 Å². The van der Waals surface area contributed by atoms with Gasteiger partial charge >= 0.3 is 7.12 Å². The smallest absolute Gasteiger partial charge is 0.423 e. The minimum Gasteiger partial charge on any atom is -0.423 e. The number of sulfonamides is 1. The molecule has 0 saturated heterocycles. The van der Waals surface area contributed by atoms with Crippen molar-refractivity contribution in [1.29, 1.82) is 0 Å². The summed E-state index contributed by atoms with van der Waals surface area (Å²) in [6.45, 7) is 0. The van der Waals surface area contributed by atoms with Crippen LogP contribution in [0.25, 0.3) is 0 Å². The molecule has 0 aliphatic rings. The molecule has 0 aliphatic carbocycles. The summed E-state index contributed by atoms with van der Waals surface area (Å²) in [6.07, 6.45) is 0. The number of sulfone groups is 1. The van der Waals surface area contributed by atoms with Gasteiger partial charge in [0, 0.05) is 5.69 Å². The van der Waals surface area contributed by atoms with E-state index in [4.69, 9.17) is 0 Å². The lowest BCUT2D eigenvalue weighted by atomic mass is 9.80. The molecule has 11 heteroatoms. The number of rotatable bonds is 6. The van der Waals surface area contributed by atoms with Gasteiger partial charge in [-0.05, 0) is 41.9 Å². The van der Waals surface area contributed by atoms with Gasteiger partial charge in [0.1, 0.15) is 8.42 Å². The van der Waals surface area contributed by atoms with Crippen molar-refractivity contribution in [2.75, 3.05) is 4.72 Å². The van der Waals surface area contributed by atoms with Crippen LogP contribution in [0.15, 0.2) is 80.0 Å². The van der Waals surface area contributed by atoms with E-state index in [-0.39, 0.29) is 24.5 Å². The average Bonchev–Trinajstić information content (AvgIpc) is 3.14. The molecule has 2 aromatic carbocycles. The molecule has 7 nitrogen and oxygen atoms in total. The molecule has 0 aliphatic heterocycles. The van der Waals surface area contributed by atoms with E-state index >= 15 is 0 Å². The summed E-state index contributed by atoms with van der Waals surface area (Å²) < 4.78 is 52.3. The van der Waals surface area contributed by atoms with Crippen LogP contribution in [0.4, 0.5) is 5.69 Å². The van der Waals surface area contributed by atoms with E-state index in [1.54, 1.807) is 18.2 Å². The third-order valence-corrected chi connectivity index (χ3v) is 8.80. The van der Waals surface area contributed by atoms with Crippen LogP contribution in [0.2, 0.25) is 0 Å². The zero-order valence-corrected chi connectivity index (χ0v) is 16.1. The normalized spacial score (nSPS) is 11.9. The molecule has 1 aromatic heterocycles. The Labute approximate surface area is 161 Å². The zero-order valence-electron chi connectivity index (χ0n) is 13.7. The highest BCUT2D eigenvalue weighted by Gasteiger charge is 2.24.